The standard InChI is InChI=1S/C18H31N5O.HI/c1-4-22-9-11-23(12-10-22)15(2)13-20-18(19)21-17-8-6-5-7-16(17)14-24-3;/h5-8,15H,4,9-14H2,1-3H3,(H3,19,20,21);1H. The Labute approximate surface area is 168 Å². The van der Waals surface area contributed by atoms with Gasteiger partial charge in [-0.15, -0.1) is 24.0 Å². The normalized spacial score (nSPS) is 17.8. The third-order valence-electron chi connectivity index (χ3n) is 4.58. The number of para-hydroxylation sites is 1. The number of likely N-dealkylation sites (N-methyl/N-ethyl adjacent to an activating group) is 1. The summed E-state index contributed by atoms with van der Waals surface area (Å²) < 4.78 is 5.21. The minimum atomic E-state index is 0. The van der Waals surface area contributed by atoms with Gasteiger partial charge >= 0.3 is 0 Å². The lowest BCUT2D eigenvalue weighted by Crippen LogP contribution is -2.50. The van der Waals surface area contributed by atoms with Crippen LogP contribution in [0.15, 0.2) is 29.3 Å². The van der Waals surface area contributed by atoms with Crippen molar-refractivity contribution in [2.45, 2.75) is 26.5 Å². The van der Waals surface area contributed by atoms with Gasteiger partial charge in [0.2, 0.25) is 0 Å². The van der Waals surface area contributed by atoms with Crippen LogP contribution in [0.3, 0.4) is 0 Å². The smallest absolute Gasteiger partial charge is 0.193 e. The molecule has 1 fully saturated rings. The van der Waals surface area contributed by atoms with Crippen LogP contribution in [0.5, 0.6) is 0 Å². The number of rotatable bonds is 7. The minimum absolute atomic E-state index is 0. The van der Waals surface area contributed by atoms with E-state index in [0.29, 0.717) is 25.2 Å². The van der Waals surface area contributed by atoms with Crippen molar-refractivity contribution >= 4 is 35.6 Å². The molecule has 142 valence electrons. The first kappa shape index (κ1) is 22.1. The van der Waals surface area contributed by atoms with Crippen LogP contribution in [0.4, 0.5) is 5.69 Å². The van der Waals surface area contributed by atoms with E-state index in [1.807, 2.05) is 24.3 Å². The SMILES string of the molecule is CCN1CCN(C(C)CN=C(N)Nc2ccccc2COC)CC1.I. The molecule has 3 N–H and O–H groups in total. The van der Waals surface area contributed by atoms with Crippen LogP contribution >= 0.6 is 24.0 Å². The van der Waals surface area contributed by atoms with E-state index >= 15 is 0 Å². The Morgan fingerprint density at radius 3 is 2.60 bits per heavy atom. The Hall–Kier alpha value is -0.900. The summed E-state index contributed by atoms with van der Waals surface area (Å²) in [7, 11) is 1.69. The molecule has 0 saturated carbocycles. The highest BCUT2D eigenvalue weighted by atomic mass is 127. The Bertz CT molecular complexity index is 532. The third kappa shape index (κ3) is 7.08. The number of nitrogens with one attached hydrogen (secondary N) is 1. The molecule has 25 heavy (non-hydrogen) atoms. The molecule has 2 rings (SSSR count). The van der Waals surface area contributed by atoms with E-state index < -0.39 is 0 Å². The van der Waals surface area contributed by atoms with Crippen molar-refractivity contribution in [1.29, 1.82) is 0 Å². The van der Waals surface area contributed by atoms with Crippen molar-refractivity contribution in [3.8, 4) is 0 Å². The molecule has 1 heterocycles. The summed E-state index contributed by atoms with van der Waals surface area (Å²) in [5.41, 5.74) is 8.08. The molecule has 1 aliphatic rings. The first-order valence-corrected chi connectivity index (χ1v) is 8.74. The number of nitrogens with zero attached hydrogens (tertiary/aromatic N) is 3. The van der Waals surface area contributed by atoms with Gasteiger partial charge in [-0.05, 0) is 19.5 Å². The molecule has 1 unspecified atom stereocenters. The highest BCUT2D eigenvalue weighted by Gasteiger charge is 2.19. The van der Waals surface area contributed by atoms with E-state index in [4.69, 9.17) is 10.5 Å². The number of nitrogens with two attached hydrogens (primary N) is 1. The summed E-state index contributed by atoms with van der Waals surface area (Å²) in [6, 6.07) is 8.38. The van der Waals surface area contributed by atoms with Gasteiger partial charge in [-0.1, -0.05) is 25.1 Å². The van der Waals surface area contributed by atoms with Crippen LogP contribution in [0, 0.1) is 0 Å². The van der Waals surface area contributed by atoms with Crippen LogP contribution in [0.1, 0.15) is 19.4 Å². The lowest BCUT2D eigenvalue weighted by molar-refractivity contribution is 0.109. The topological polar surface area (TPSA) is 66.1 Å². The average Bonchev–Trinajstić information content (AvgIpc) is 2.61. The molecule has 0 radical (unpaired) electrons. The molecule has 1 atom stereocenters. The Morgan fingerprint density at radius 2 is 1.96 bits per heavy atom. The van der Waals surface area contributed by atoms with Crippen molar-refractivity contribution in [3.05, 3.63) is 29.8 Å². The second-order valence-corrected chi connectivity index (χ2v) is 6.26. The molecular weight excluding hydrogens is 429 g/mol. The quantitative estimate of drug-likeness (QED) is 0.371. The summed E-state index contributed by atoms with van der Waals surface area (Å²) in [5, 5.41) is 3.19. The fourth-order valence-electron chi connectivity index (χ4n) is 2.97. The van der Waals surface area contributed by atoms with Crippen LogP contribution in [0.25, 0.3) is 0 Å². The molecule has 0 aromatic heterocycles. The molecule has 6 nitrogen and oxygen atoms in total. The Morgan fingerprint density at radius 1 is 1.28 bits per heavy atom. The van der Waals surface area contributed by atoms with Gasteiger partial charge in [0.25, 0.3) is 0 Å². The van der Waals surface area contributed by atoms with E-state index in [-0.39, 0.29) is 24.0 Å². The van der Waals surface area contributed by atoms with Crippen molar-refractivity contribution in [2.24, 2.45) is 10.7 Å². The Balaban J connectivity index is 0.00000312. The van der Waals surface area contributed by atoms with Gasteiger partial charge in [-0.2, -0.15) is 0 Å². The van der Waals surface area contributed by atoms with Crippen LogP contribution in [-0.2, 0) is 11.3 Å². The van der Waals surface area contributed by atoms with Crippen molar-refractivity contribution in [3.63, 3.8) is 0 Å². The number of hydrogen-bond acceptors (Lipinski definition) is 4. The maximum atomic E-state index is 6.06. The number of ether oxygens (including phenoxy) is 1. The maximum absolute atomic E-state index is 6.06. The number of methoxy groups -OCH3 is 1. The van der Waals surface area contributed by atoms with Crippen molar-refractivity contribution in [2.75, 3.05) is 51.7 Å². The van der Waals surface area contributed by atoms with E-state index in [2.05, 4.69) is 34.0 Å². The van der Waals surface area contributed by atoms with Crippen LogP contribution < -0.4 is 11.1 Å². The van der Waals surface area contributed by atoms with E-state index in [0.717, 1.165) is 44.0 Å². The molecule has 0 aliphatic carbocycles. The largest absolute Gasteiger partial charge is 0.380 e. The van der Waals surface area contributed by atoms with Gasteiger partial charge in [-0.25, -0.2) is 0 Å². The lowest BCUT2D eigenvalue weighted by atomic mass is 10.2. The number of halogens is 1. The second-order valence-electron chi connectivity index (χ2n) is 6.26. The molecule has 0 amide bonds. The molecule has 1 aromatic rings. The monoisotopic (exact) mass is 461 g/mol. The van der Waals surface area contributed by atoms with Crippen molar-refractivity contribution < 1.29 is 4.74 Å². The molecule has 1 saturated heterocycles. The molecule has 0 bridgehead atoms. The zero-order valence-electron chi connectivity index (χ0n) is 15.6. The number of guanidine groups is 1. The van der Waals surface area contributed by atoms with Gasteiger partial charge in [0.1, 0.15) is 0 Å². The van der Waals surface area contributed by atoms with Gasteiger partial charge in [0.05, 0.1) is 13.2 Å². The summed E-state index contributed by atoms with van der Waals surface area (Å²) in [6.07, 6.45) is 0. The number of hydrogen-bond donors (Lipinski definition) is 2. The van der Waals surface area contributed by atoms with Gasteiger partial charge in [-0.3, -0.25) is 9.89 Å². The second kappa shape index (κ2) is 11.7. The predicted octanol–water partition coefficient (Wildman–Crippen LogP) is 2.20. The summed E-state index contributed by atoms with van der Waals surface area (Å²) in [5.74, 6) is 0.456. The number of piperazine rings is 1. The summed E-state index contributed by atoms with van der Waals surface area (Å²) in [6.45, 7) is 11.3. The van der Waals surface area contributed by atoms with E-state index in [1.54, 1.807) is 7.11 Å². The molecule has 1 aliphatic heterocycles. The Kier molecular flexibility index (Phi) is 10.3. The summed E-state index contributed by atoms with van der Waals surface area (Å²) >= 11 is 0. The lowest BCUT2D eigenvalue weighted by Gasteiger charge is -2.37. The van der Waals surface area contributed by atoms with E-state index in [1.165, 1.54) is 0 Å². The fraction of sp³-hybridized carbons (Fsp3) is 0.611. The number of anilines is 1. The molecular formula is C18H32IN5O. The number of benzene rings is 1. The molecule has 7 heteroatoms. The first-order valence-electron chi connectivity index (χ1n) is 8.74. The fourth-order valence-corrected chi connectivity index (χ4v) is 2.97. The average molecular weight is 461 g/mol. The van der Waals surface area contributed by atoms with E-state index in [9.17, 15) is 0 Å². The maximum Gasteiger partial charge on any atom is 0.193 e. The highest BCUT2D eigenvalue weighted by molar-refractivity contribution is 14.0. The van der Waals surface area contributed by atoms with Gasteiger partial charge in [0, 0.05) is 50.6 Å². The highest BCUT2D eigenvalue weighted by Crippen LogP contribution is 2.15. The zero-order chi connectivity index (χ0) is 17.4. The third-order valence-corrected chi connectivity index (χ3v) is 4.58. The van der Waals surface area contributed by atoms with Crippen molar-refractivity contribution in [1.82, 2.24) is 9.80 Å². The first-order chi connectivity index (χ1) is 11.6. The zero-order valence-corrected chi connectivity index (χ0v) is 17.9. The summed E-state index contributed by atoms with van der Waals surface area (Å²) in [4.78, 5) is 9.49. The van der Waals surface area contributed by atoms with Gasteiger partial charge in [0.15, 0.2) is 5.96 Å². The van der Waals surface area contributed by atoms with Gasteiger partial charge < -0.3 is 20.7 Å². The van der Waals surface area contributed by atoms with Crippen LogP contribution in [-0.4, -0.2) is 68.2 Å². The number of aliphatic imine (C=N–C) groups is 1. The molecule has 1 aromatic carbocycles. The molecule has 0 spiro atoms. The predicted molar refractivity (Wildman–Crippen MR) is 116 cm³/mol. The minimum Gasteiger partial charge on any atom is -0.380 e. The van der Waals surface area contributed by atoms with Crippen LogP contribution in [0.2, 0.25) is 0 Å².